The number of amides is 1. The Morgan fingerprint density at radius 2 is 2.35 bits per heavy atom. The van der Waals surface area contributed by atoms with Crippen molar-refractivity contribution in [3.8, 4) is 5.75 Å². The Labute approximate surface area is 120 Å². The van der Waals surface area contributed by atoms with Crippen LogP contribution in [0.25, 0.3) is 0 Å². The maximum absolute atomic E-state index is 12.5. The number of benzene rings is 1. The zero-order valence-corrected chi connectivity index (χ0v) is 12.3. The smallest absolute Gasteiger partial charge is 0.224 e. The maximum Gasteiger partial charge on any atom is 0.224 e. The fourth-order valence-electron chi connectivity index (χ4n) is 2.89. The molecular weight excluding hydrogens is 252 g/mol. The first-order valence-corrected chi connectivity index (χ1v) is 7.43. The molecule has 1 aliphatic heterocycles. The van der Waals surface area contributed by atoms with Gasteiger partial charge in [0.1, 0.15) is 5.75 Å². The summed E-state index contributed by atoms with van der Waals surface area (Å²) in [5, 5.41) is 12.9. The summed E-state index contributed by atoms with van der Waals surface area (Å²) in [6, 6.07) is 7.46. The second-order valence-corrected chi connectivity index (χ2v) is 5.45. The number of carbonyl (C=O) groups is 1. The molecule has 1 aromatic carbocycles. The predicted molar refractivity (Wildman–Crippen MR) is 79.6 cm³/mol. The van der Waals surface area contributed by atoms with Crippen LogP contribution in [-0.4, -0.2) is 35.0 Å². The molecule has 0 bridgehead atoms. The molecule has 1 heterocycles. The molecule has 1 aliphatic rings. The number of carbonyl (C=O) groups excluding carboxylic acids is 1. The van der Waals surface area contributed by atoms with E-state index in [0.717, 1.165) is 24.9 Å². The first-order valence-electron chi connectivity index (χ1n) is 7.43. The highest BCUT2D eigenvalue weighted by Gasteiger charge is 2.24. The Morgan fingerprint density at radius 1 is 1.55 bits per heavy atom. The van der Waals surface area contributed by atoms with Gasteiger partial charge in [0.15, 0.2) is 0 Å². The van der Waals surface area contributed by atoms with Crippen molar-refractivity contribution in [3.05, 3.63) is 29.8 Å². The second-order valence-electron chi connectivity index (χ2n) is 5.45. The molecule has 110 valence electrons. The van der Waals surface area contributed by atoms with Gasteiger partial charge in [-0.25, -0.2) is 0 Å². The molecule has 20 heavy (non-hydrogen) atoms. The molecule has 2 unspecified atom stereocenters. The van der Waals surface area contributed by atoms with Crippen LogP contribution in [0.15, 0.2) is 24.3 Å². The number of hydrogen-bond donors (Lipinski definition) is 2. The van der Waals surface area contributed by atoms with Crippen LogP contribution in [0.4, 0.5) is 0 Å². The van der Waals surface area contributed by atoms with Crippen LogP contribution in [-0.2, 0) is 4.79 Å². The first-order chi connectivity index (χ1) is 9.61. The Hall–Kier alpha value is -1.55. The molecule has 1 aromatic rings. The van der Waals surface area contributed by atoms with E-state index in [9.17, 15) is 9.90 Å². The van der Waals surface area contributed by atoms with E-state index < -0.39 is 0 Å². The summed E-state index contributed by atoms with van der Waals surface area (Å²) in [5.41, 5.74) is 0.972. The molecule has 1 saturated heterocycles. The lowest BCUT2D eigenvalue weighted by molar-refractivity contribution is -0.133. The summed E-state index contributed by atoms with van der Waals surface area (Å²) in [6.45, 7) is 5.71. The van der Waals surface area contributed by atoms with Crippen molar-refractivity contribution in [3.63, 3.8) is 0 Å². The van der Waals surface area contributed by atoms with E-state index in [4.69, 9.17) is 0 Å². The largest absolute Gasteiger partial charge is 0.508 e. The van der Waals surface area contributed by atoms with E-state index in [1.807, 2.05) is 30.9 Å². The fraction of sp³-hybridized carbons (Fsp3) is 0.562. The van der Waals surface area contributed by atoms with Crippen molar-refractivity contribution in [1.29, 1.82) is 0 Å². The van der Waals surface area contributed by atoms with E-state index in [-0.39, 0.29) is 17.7 Å². The lowest BCUT2D eigenvalue weighted by atomic mass is 10.0. The van der Waals surface area contributed by atoms with Crippen molar-refractivity contribution in [2.24, 2.45) is 0 Å². The van der Waals surface area contributed by atoms with Gasteiger partial charge < -0.3 is 15.3 Å². The summed E-state index contributed by atoms with van der Waals surface area (Å²) < 4.78 is 0. The van der Waals surface area contributed by atoms with Crippen molar-refractivity contribution in [1.82, 2.24) is 10.2 Å². The van der Waals surface area contributed by atoms with Crippen molar-refractivity contribution < 1.29 is 9.90 Å². The molecule has 1 amide bonds. The van der Waals surface area contributed by atoms with Crippen LogP contribution in [0, 0.1) is 0 Å². The highest BCUT2D eigenvalue weighted by molar-refractivity contribution is 5.77. The zero-order valence-electron chi connectivity index (χ0n) is 12.3. The summed E-state index contributed by atoms with van der Waals surface area (Å²) in [7, 11) is 0. The van der Waals surface area contributed by atoms with Gasteiger partial charge in [0, 0.05) is 19.0 Å². The predicted octanol–water partition coefficient (Wildman–Crippen LogP) is 2.44. The summed E-state index contributed by atoms with van der Waals surface area (Å²) in [5.74, 6) is 0.429. The average molecular weight is 276 g/mol. The Morgan fingerprint density at radius 3 is 2.95 bits per heavy atom. The second kappa shape index (κ2) is 6.75. The third-order valence-electron chi connectivity index (χ3n) is 4.06. The normalized spacial score (nSPS) is 19.8. The van der Waals surface area contributed by atoms with Gasteiger partial charge in [0.25, 0.3) is 0 Å². The van der Waals surface area contributed by atoms with Crippen LogP contribution in [0.2, 0.25) is 0 Å². The molecule has 2 atom stereocenters. The number of phenols is 1. The van der Waals surface area contributed by atoms with Gasteiger partial charge in [0.2, 0.25) is 5.91 Å². The van der Waals surface area contributed by atoms with Crippen LogP contribution < -0.4 is 5.32 Å². The lowest BCUT2D eigenvalue weighted by Gasteiger charge is -2.29. The third-order valence-corrected chi connectivity index (χ3v) is 4.06. The SMILES string of the molecule is CCN(C(=O)CC1CCCN1)C(C)c1cccc(O)c1. The molecular formula is C16H24N2O2. The molecule has 0 saturated carbocycles. The van der Waals surface area contributed by atoms with E-state index >= 15 is 0 Å². The zero-order chi connectivity index (χ0) is 14.5. The number of phenolic OH excluding ortho intramolecular Hbond substituents is 1. The quantitative estimate of drug-likeness (QED) is 0.868. The van der Waals surface area contributed by atoms with Gasteiger partial charge in [0.05, 0.1) is 6.04 Å². The molecule has 1 fully saturated rings. The number of hydrogen-bond acceptors (Lipinski definition) is 3. The molecule has 2 rings (SSSR count). The average Bonchev–Trinajstić information content (AvgIpc) is 2.92. The minimum atomic E-state index is -0.0130. The molecule has 0 aliphatic carbocycles. The fourth-order valence-corrected chi connectivity index (χ4v) is 2.89. The van der Waals surface area contributed by atoms with Crippen molar-refractivity contribution >= 4 is 5.91 Å². The molecule has 2 N–H and O–H groups in total. The Bertz CT molecular complexity index is 456. The van der Waals surface area contributed by atoms with E-state index in [0.29, 0.717) is 19.0 Å². The molecule has 0 radical (unpaired) electrons. The van der Waals surface area contributed by atoms with Crippen LogP contribution in [0.1, 0.15) is 44.7 Å². The third kappa shape index (κ3) is 3.51. The van der Waals surface area contributed by atoms with Gasteiger partial charge in [-0.1, -0.05) is 12.1 Å². The number of nitrogens with one attached hydrogen (secondary N) is 1. The number of rotatable bonds is 5. The van der Waals surface area contributed by atoms with E-state index in [1.54, 1.807) is 12.1 Å². The standard InChI is InChI=1S/C16H24N2O2/c1-3-18(16(20)11-14-7-5-9-17-14)12(2)13-6-4-8-15(19)10-13/h4,6,8,10,12,14,17,19H,3,5,7,9,11H2,1-2H3. The number of aromatic hydroxyl groups is 1. The molecule has 4 heteroatoms. The highest BCUT2D eigenvalue weighted by atomic mass is 16.3. The monoisotopic (exact) mass is 276 g/mol. The number of nitrogens with zero attached hydrogens (tertiary/aromatic N) is 1. The van der Waals surface area contributed by atoms with E-state index in [2.05, 4.69) is 5.32 Å². The molecule has 0 spiro atoms. The topological polar surface area (TPSA) is 52.6 Å². The van der Waals surface area contributed by atoms with Crippen molar-refractivity contribution in [2.75, 3.05) is 13.1 Å². The maximum atomic E-state index is 12.5. The highest BCUT2D eigenvalue weighted by Crippen LogP contribution is 2.24. The minimum Gasteiger partial charge on any atom is -0.508 e. The van der Waals surface area contributed by atoms with Gasteiger partial charge >= 0.3 is 0 Å². The minimum absolute atomic E-state index is 0.0130. The first kappa shape index (κ1) is 14.9. The van der Waals surface area contributed by atoms with Crippen LogP contribution in [0.5, 0.6) is 5.75 Å². The Kier molecular flexibility index (Phi) is 5.01. The lowest BCUT2D eigenvalue weighted by Crippen LogP contribution is -2.37. The Balaban J connectivity index is 2.04. The summed E-state index contributed by atoms with van der Waals surface area (Å²) in [6.07, 6.45) is 2.81. The molecule has 0 aromatic heterocycles. The van der Waals surface area contributed by atoms with Gasteiger partial charge in [-0.05, 0) is 50.9 Å². The van der Waals surface area contributed by atoms with Gasteiger partial charge in [-0.2, -0.15) is 0 Å². The van der Waals surface area contributed by atoms with Gasteiger partial charge in [-0.3, -0.25) is 4.79 Å². The van der Waals surface area contributed by atoms with Crippen LogP contribution >= 0.6 is 0 Å². The van der Waals surface area contributed by atoms with Gasteiger partial charge in [-0.15, -0.1) is 0 Å². The molecule has 4 nitrogen and oxygen atoms in total. The van der Waals surface area contributed by atoms with Crippen molar-refractivity contribution in [2.45, 2.75) is 45.2 Å². The summed E-state index contributed by atoms with van der Waals surface area (Å²) >= 11 is 0. The summed E-state index contributed by atoms with van der Waals surface area (Å²) in [4.78, 5) is 14.3. The van der Waals surface area contributed by atoms with E-state index in [1.165, 1.54) is 0 Å². The van der Waals surface area contributed by atoms with Crippen LogP contribution in [0.3, 0.4) is 0 Å².